The van der Waals surface area contributed by atoms with Crippen LogP contribution in [-0.4, -0.2) is 29.5 Å². The molecule has 1 heterocycles. The number of carbonyl (C=O) groups excluding carboxylic acids is 1. The molecule has 1 aromatic carbocycles. The minimum Gasteiger partial charge on any atom is -0.497 e. The highest BCUT2D eigenvalue weighted by Gasteiger charge is 2.20. The summed E-state index contributed by atoms with van der Waals surface area (Å²) < 4.78 is 11.4. The number of methoxy groups -OCH3 is 1. The normalized spacial score (nSPS) is 11.8. The van der Waals surface area contributed by atoms with E-state index in [-0.39, 0.29) is 12.2 Å². The summed E-state index contributed by atoms with van der Waals surface area (Å²) in [6.07, 6.45) is 0.439. The second-order valence-electron chi connectivity index (χ2n) is 5.52. The van der Waals surface area contributed by atoms with Crippen LogP contribution in [0.25, 0.3) is 0 Å². The van der Waals surface area contributed by atoms with Crippen molar-refractivity contribution in [1.29, 1.82) is 0 Å². The number of nitrogens with zero attached hydrogens (tertiary/aromatic N) is 2. The van der Waals surface area contributed by atoms with Crippen molar-refractivity contribution in [2.45, 2.75) is 33.2 Å². The van der Waals surface area contributed by atoms with Gasteiger partial charge < -0.3 is 9.47 Å². The third kappa shape index (κ3) is 4.01. The fraction of sp³-hybridized carbons (Fsp3) is 0.389. The van der Waals surface area contributed by atoms with E-state index in [1.165, 1.54) is 4.68 Å². The molecule has 6 nitrogen and oxygen atoms in total. The Hall–Kier alpha value is -2.63. The number of benzene rings is 1. The number of ether oxygens (including phenoxy) is 2. The average Bonchev–Trinajstić information content (AvgIpc) is 2.57. The second-order valence-corrected chi connectivity index (χ2v) is 5.52. The van der Waals surface area contributed by atoms with Gasteiger partial charge in [-0.2, -0.15) is 5.10 Å². The van der Waals surface area contributed by atoms with Crippen LogP contribution in [0.4, 0.5) is 0 Å². The van der Waals surface area contributed by atoms with Crippen LogP contribution < -0.4 is 10.3 Å². The predicted octanol–water partition coefficient (Wildman–Crippen LogP) is 2.28. The monoisotopic (exact) mass is 330 g/mol. The number of hydrogen-bond acceptors (Lipinski definition) is 5. The zero-order valence-corrected chi connectivity index (χ0v) is 14.4. The molecule has 2 rings (SSSR count). The Kier molecular flexibility index (Phi) is 5.73. The number of aromatic nitrogens is 2. The molecule has 0 amide bonds. The fourth-order valence-corrected chi connectivity index (χ4v) is 2.46. The summed E-state index contributed by atoms with van der Waals surface area (Å²) >= 11 is 0. The van der Waals surface area contributed by atoms with Gasteiger partial charge in [0.15, 0.2) is 6.04 Å². The quantitative estimate of drug-likeness (QED) is 0.760. The maximum absolute atomic E-state index is 12.7. The Bertz CT molecular complexity index is 783. The van der Waals surface area contributed by atoms with Crippen molar-refractivity contribution >= 4 is 5.97 Å². The lowest BCUT2D eigenvalue weighted by Gasteiger charge is -2.15. The van der Waals surface area contributed by atoms with E-state index in [2.05, 4.69) is 5.10 Å². The predicted molar refractivity (Wildman–Crippen MR) is 90.4 cm³/mol. The first-order valence-corrected chi connectivity index (χ1v) is 7.85. The van der Waals surface area contributed by atoms with Gasteiger partial charge in [0.2, 0.25) is 0 Å². The molecule has 6 heteroatoms. The molecule has 0 aliphatic rings. The molecular weight excluding hydrogens is 308 g/mol. The van der Waals surface area contributed by atoms with Crippen molar-refractivity contribution in [3.63, 3.8) is 0 Å². The van der Waals surface area contributed by atoms with Gasteiger partial charge in [0.25, 0.3) is 5.56 Å². The molecule has 0 radical (unpaired) electrons. The van der Waals surface area contributed by atoms with Crippen molar-refractivity contribution in [3.8, 4) is 5.75 Å². The molecule has 1 unspecified atom stereocenters. The number of carbonyl (C=O) groups is 1. The van der Waals surface area contributed by atoms with Crippen molar-refractivity contribution in [1.82, 2.24) is 9.78 Å². The van der Waals surface area contributed by atoms with Crippen LogP contribution in [0.1, 0.15) is 36.7 Å². The highest BCUT2D eigenvalue weighted by molar-refractivity contribution is 5.73. The summed E-state index contributed by atoms with van der Waals surface area (Å²) in [5, 5.41) is 4.19. The highest BCUT2D eigenvalue weighted by Crippen LogP contribution is 2.15. The van der Waals surface area contributed by atoms with Crippen LogP contribution in [0.5, 0.6) is 5.75 Å². The van der Waals surface area contributed by atoms with E-state index in [0.717, 1.165) is 11.3 Å². The zero-order valence-electron chi connectivity index (χ0n) is 14.4. The molecule has 0 bridgehead atoms. The second kappa shape index (κ2) is 7.77. The van der Waals surface area contributed by atoms with Crippen LogP contribution >= 0.6 is 0 Å². The molecule has 0 N–H and O–H groups in total. The van der Waals surface area contributed by atoms with E-state index in [0.29, 0.717) is 17.7 Å². The lowest BCUT2D eigenvalue weighted by Crippen LogP contribution is -2.34. The summed E-state index contributed by atoms with van der Waals surface area (Å²) in [5.41, 5.74) is 1.91. The van der Waals surface area contributed by atoms with Crippen molar-refractivity contribution < 1.29 is 14.3 Å². The van der Waals surface area contributed by atoms with Crippen molar-refractivity contribution in [3.05, 3.63) is 57.5 Å². The topological polar surface area (TPSA) is 70.4 Å². The summed E-state index contributed by atoms with van der Waals surface area (Å²) in [5.74, 6) is 0.267. The van der Waals surface area contributed by atoms with E-state index in [4.69, 9.17) is 9.47 Å². The van der Waals surface area contributed by atoms with E-state index < -0.39 is 12.0 Å². The molecule has 0 aliphatic carbocycles. The van der Waals surface area contributed by atoms with Gasteiger partial charge in [0, 0.05) is 12.0 Å². The Morgan fingerprint density at radius 3 is 2.75 bits per heavy atom. The lowest BCUT2D eigenvalue weighted by molar-refractivity contribution is -0.147. The summed E-state index contributed by atoms with van der Waals surface area (Å²) in [7, 11) is 1.60. The van der Waals surface area contributed by atoms with Gasteiger partial charge in [-0.1, -0.05) is 12.1 Å². The van der Waals surface area contributed by atoms with Crippen molar-refractivity contribution in [2.75, 3.05) is 13.7 Å². The number of esters is 1. The van der Waals surface area contributed by atoms with Crippen LogP contribution in [0, 0.1) is 6.92 Å². The zero-order chi connectivity index (χ0) is 17.7. The maximum Gasteiger partial charge on any atom is 0.330 e. The lowest BCUT2D eigenvalue weighted by atomic mass is 10.1. The molecule has 0 fully saturated rings. The van der Waals surface area contributed by atoms with E-state index >= 15 is 0 Å². The van der Waals surface area contributed by atoms with E-state index in [9.17, 15) is 9.59 Å². The molecule has 24 heavy (non-hydrogen) atoms. The SMILES string of the molecule is CCOC(=O)C(C)n1nc(C)cc(Cc2cccc(OC)c2)c1=O. The van der Waals surface area contributed by atoms with Crippen LogP contribution in [0.3, 0.4) is 0 Å². The summed E-state index contributed by atoms with van der Waals surface area (Å²) in [6, 6.07) is 8.52. The van der Waals surface area contributed by atoms with Crippen LogP contribution in [0.15, 0.2) is 35.1 Å². The summed E-state index contributed by atoms with van der Waals surface area (Å²) in [4.78, 5) is 24.6. The third-order valence-corrected chi connectivity index (χ3v) is 3.65. The van der Waals surface area contributed by atoms with Gasteiger partial charge in [0.1, 0.15) is 5.75 Å². The molecule has 128 valence electrons. The molecule has 0 saturated heterocycles. The minimum atomic E-state index is -0.763. The molecule has 1 aromatic heterocycles. The first kappa shape index (κ1) is 17.7. The van der Waals surface area contributed by atoms with Gasteiger partial charge in [-0.15, -0.1) is 0 Å². The Morgan fingerprint density at radius 1 is 1.33 bits per heavy atom. The van der Waals surface area contributed by atoms with Gasteiger partial charge in [0.05, 0.1) is 19.4 Å². The molecule has 2 aromatic rings. The molecule has 1 atom stereocenters. The number of rotatable bonds is 6. The van der Waals surface area contributed by atoms with Crippen LogP contribution in [-0.2, 0) is 16.0 Å². The smallest absolute Gasteiger partial charge is 0.330 e. The molecular formula is C18H22N2O4. The number of hydrogen-bond donors (Lipinski definition) is 0. The minimum absolute atomic E-state index is 0.264. The molecule has 0 aliphatic heterocycles. The first-order chi connectivity index (χ1) is 11.5. The number of aryl methyl sites for hydroxylation is 1. The Morgan fingerprint density at radius 2 is 2.08 bits per heavy atom. The highest BCUT2D eigenvalue weighted by atomic mass is 16.5. The van der Waals surface area contributed by atoms with Gasteiger partial charge in [-0.25, -0.2) is 9.48 Å². The standard InChI is InChI=1S/C18H22N2O4/c1-5-24-18(22)13(3)20-17(21)15(9-12(2)19-20)10-14-7-6-8-16(11-14)23-4/h6-9,11,13H,5,10H2,1-4H3. The third-order valence-electron chi connectivity index (χ3n) is 3.65. The fourth-order valence-electron chi connectivity index (χ4n) is 2.46. The Labute approximate surface area is 141 Å². The van der Waals surface area contributed by atoms with E-state index in [1.54, 1.807) is 33.9 Å². The maximum atomic E-state index is 12.7. The molecule has 0 saturated carbocycles. The van der Waals surface area contributed by atoms with Crippen molar-refractivity contribution in [2.24, 2.45) is 0 Å². The summed E-state index contributed by atoms with van der Waals surface area (Å²) in [6.45, 7) is 5.40. The largest absolute Gasteiger partial charge is 0.497 e. The van der Waals surface area contributed by atoms with Gasteiger partial charge in [-0.05, 0) is 44.5 Å². The first-order valence-electron chi connectivity index (χ1n) is 7.85. The average molecular weight is 330 g/mol. The van der Waals surface area contributed by atoms with Gasteiger partial charge >= 0.3 is 5.97 Å². The Balaban J connectivity index is 2.37. The molecule has 0 spiro atoms. The van der Waals surface area contributed by atoms with Crippen LogP contribution in [0.2, 0.25) is 0 Å². The van der Waals surface area contributed by atoms with E-state index in [1.807, 2.05) is 24.3 Å². The van der Waals surface area contributed by atoms with Gasteiger partial charge in [-0.3, -0.25) is 4.79 Å².